The van der Waals surface area contributed by atoms with Gasteiger partial charge in [-0.1, -0.05) is 181 Å². The molecular weight excluding hydrogens is 713 g/mol. The lowest BCUT2D eigenvalue weighted by molar-refractivity contribution is -0.220. The van der Waals surface area contributed by atoms with Crippen molar-refractivity contribution >= 4 is 13.7 Å². The highest BCUT2D eigenvalue weighted by Crippen LogP contribution is 2.47. The molecule has 1 aliphatic rings. The first-order valence-electron chi connectivity index (χ1n) is 22.0. The Morgan fingerprint density at radius 3 is 1.28 bits per heavy atom. The number of hydrogen-bond acceptors (Lipinski definition) is 10. The van der Waals surface area contributed by atoms with Gasteiger partial charge in [-0.25, -0.2) is 4.57 Å². The average molecular weight is 796 g/mol. The maximum atomic E-state index is 12.9. The second kappa shape index (κ2) is 32.3. The van der Waals surface area contributed by atoms with Crippen LogP contribution in [0.2, 0.25) is 0 Å². The molecule has 9 atom stereocenters. The average Bonchev–Trinajstić information content (AvgIpc) is 3.15. The third-order valence-electron chi connectivity index (χ3n) is 10.9. The van der Waals surface area contributed by atoms with E-state index in [9.17, 15) is 44.9 Å². The molecule has 0 spiro atoms. The fraction of sp³-hybridized carbons (Fsp3) is 0.976. The first kappa shape index (κ1) is 51.4. The van der Waals surface area contributed by atoms with Gasteiger partial charge in [-0.2, -0.15) is 0 Å². The van der Waals surface area contributed by atoms with Crippen LogP contribution in [-0.4, -0.2) is 96.8 Å². The van der Waals surface area contributed by atoms with Gasteiger partial charge in [-0.05, 0) is 12.8 Å². The molecule has 0 radical (unpaired) electrons. The first-order valence-corrected chi connectivity index (χ1v) is 23.5. The zero-order valence-corrected chi connectivity index (χ0v) is 34.9. The van der Waals surface area contributed by atoms with Crippen molar-refractivity contribution in [1.82, 2.24) is 5.32 Å². The highest BCUT2D eigenvalue weighted by atomic mass is 31.2. The molecule has 1 saturated carbocycles. The normalized spacial score (nSPS) is 23.9. The number of carbonyl (C=O) groups excluding carboxylic acids is 1. The molecule has 0 saturated heterocycles. The second-order valence-corrected chi connectivity index (χ2v) is 17.3. The summed E-state index contributed by atoms with van der Waals surface area (Å²) in [6, 6.07) is -1.02. The summed E-state index contributed by atoms with van der Waals surface area (Å²) in [5.41, 5.74) is 0. The zero-order valence-electron chi connectivity index (χ0n) is 34.0. The summed E-state index contributed by atoms with van der Waals surface area (Å²) in [5, 5.41) is 64.0. The van der Waals surface area contributed by atoms with Crippen molar-refractivity contribution in [3.8, 4) is 0 Å². The minimum atomic E-state index is -5.04. The van der Waals surface area contributed by atoms with Crippen LogP contribution in [0.15, 0.2) is 0 Å². The van der Waals surface area contributed by atoms with Crippen LogP contribution in [0.3, 0.4) is 0 Å². The molecule has 6 unspecified atom stereocenters. The molecule has 1 fully saturated rings. The van der Waals surface area contributed by atoms with Crippen molar-refractivity contribution < 1.29 is 53.9 Å². The van der Waals surface area contributed by atoms with Crippen molar-refractivity contribution in [2.45, 2.75) is 249 Å². The van der Waals surface area contributed by atoms with Gasteiger partial charge in [0.05, 0.1) is 18.8 Å². The van der Waals surface area contributed by atoms with Gasteiger partial charge in [-0.3, -0.25) is 13.8 Å². The predicted octanol–water partition coefficient (Wildman–Crippen LogP) is 7.51. The summed E-state index contributed by atoms with van der Waals surface area (Å²) < 4.78 is 22.9. The topological polar surface area (TPSA) is 206 Å². The Morgan fingerprint density at radius 1 is 0.556 bits per heavy atom. The van der Waals surface area contributed by atoms with Crippen LogP contribution in [0.4, 0.5) is 0 Å². The lowest BCUT2D eigenvalue weighted by Gasteiger charge is -2.41. The van der Waals surface area contributed by atoms with Crippen LogP contribution < -0.4 is 5.32 Å². The summed E-state index contributed by atoms with van der Waals surface area (Å²) in [4.78, 5) is 23.3. The van der Waals surface area contributed by atoms with Crippen molar-refractivity contribution in [2.24, 2.45) is 0 Å². The SMILES string of the molecule is CCCCCCCCCCCCCCCCCC(=O)N[C@@H](COP(=O)(O)OC1C(O)C(O)C(O)[C@@H](O)C1O)[C@H](O)CCCCCCCCCCCCCC. The summed E-state index contributed by atoms with van der Waals surface area (Å²) in [7, 11) is -5.04. The molecule has 0 heterocycles. The smallest absolute Gasteiger partial charge is 0.391 e. The van der Waals surface area contributed by atoms with Gasteiger partial charge < -0.3 is 40.8 Å². The zero-order chi connectivity index (χ0) is 40.0. The Morgan fingerprint density at radius 2 is 0.889 bits per heavy atom. The predicted molar refractivity (Wildman–Crippen MR) is 214 cm³/mol. The van der Waals surface area contributed by atoms with Gasteiger partial charge >= 0.3 is 7.82 Å². The molecule has 12 nitrogen and oxygen atoms in total. The van der Waals surface area contributed by atoms with E-state index < -0.39 is 63.2 Å². The summed E-state index contributed by atoms with van der Waals surface area (Å²) >= 11 is 0. The molecular formula is C41H82NO11P. The number of unbranched alkanes of at least 4 members (excludes halogenated alkanes) is 25. The van der Waals surface area contributed by atoms with E-state index in [0.29, 0.717) is 19.3 Å². The van der Waals surface area contributed by atoms with Crippen molar-refractivity contribution in [1.29, 1.82) is 0 Å². The standard InChI is InChI=1S/C41H82NO11P/c1-3-5-7-9-11-13-15-17-18-19-21-23-25-27-29-31-35(44)42-33(34(43)30-28-26-24-22-20-16-14-12-10-8-6-4-2)32-52-54(50,51)53-41-39(48)37(46)36(45)38(47)40(41)49/h33-34,36-41,43,45-49H,3-32H2,1-2H3,(H,42,44)(H,50,51)/t33-,34+,36?,37+,38?,39?,40?,41?/m0/s1. The van der Waals surface area contributed by atoms with Gasteiger partial charge in [-0.15, -0.1) is 0 Å². The lowest BCUT2D eigenvalue weighted by Crippen LogP contribution is -2.64. The number of phosphoric ester groups is 1. The van der Waals surface area contributed by atoms with Gasteiger partial charge in [0.25, 0.3) is 0 Å². The minimum Gasteiger partial charge on any atom is -0.391 e. The molecule has 54 heavy (non-hydrogen) atoms. The van der Waals surface area contributed by atoms with Crippen LogP contribution in [-0.2, 0) is 18.4 Å². The van der Waals surface area contributed by atoms with E-state index in [4.69, 9.17) is 9.05 Å². The number of aliphatic hydroxyl groups excluding tert-OH is 6. The van der Waals surface area contributed by atoms with Crippen molar-refractivity contribution in [3.05, 3.63) is 0 Å². The number of hydrogen-bond donors (Lipinski definition) is 8. The Bertz CT molecular complexity index is 931. The largest absolute Gasteiger partial charge is 0.472 e. The highest BCUT2D eigenvalue weighted by molar-refractivity contribution is 7.47. The number of carbonyl (C=O) groups is 1. The van der Waals surface area contributed by atoms with Crippen LogP contribution in [0.25, 0.3) is 0 Å². The van der Waals surface area contributed by atoms with E-state index in [1.165, 1.54) is 122 Å². The number of amides is 1. The molecule has 1 rings (SSSR count). The first-order chi connectivity index (χ1) is 25.9. The van der Waals surface area contributed by atoms with E-state index >= 15 is 0 Å². The lowest BCUT2D eigenvalue weighted by atomic mass is 9.85. The van der Waals surface area contributed by atoms with Crippen LogP contribution in [0.5, 0.6) is 0 Å². The third kappa shape index (κ3) is 24.2. The fourth-order valence-corrected chi connectivity index (χ4v) is 8.23. The summed E-state index contributed by atoms with van der Waals surface area (Å²) in [6.45, 7) is 3.88. The molecule has 1 amide bonds. The number of nitrogens with one attached hydrogen (secondary N) is 1. The molecule has 322 valence electrons. The van der Waals surface area contributed by atoms with E-state index in [1.807, 2.05) is 0 Å². The van der Waals surface area contributed by atoms with Crippen molar-refractivity contribution in [3.63, 3.8) is 0 Å². The van der Waals surface area contributed by atoms with Crippen LogP contribution in [0, 0.1) is 0 Å². The Kier molecular flexibility index (Phi) is 30.7. The quantitative estimate of drug-likeness (QED) is 0.0230. The Labute approximate surface area is 327 Å². The van der Waals surface area contributed by atoms with Gasteiger partial charge in [0.15, 0.2) is 0 Å². The summed E-state index contributed by atoms with van der Waals surface area (Å²) in [6.07, 6.45) is 19.9. The summed E-state index contributed by atoms with van der Waals surface area (Å²) in [5.74, 6) is -0.306. The molecule has 8 N–H and O–H groups in total. The van der Waals surface area contributed by atoms with E-state index in [2.05, 4.69) is 19.2 Å². The molecule has 13 heteroatoms. The maximum Gasteiger partial charge on any atom is 0.472 e. The maximum absolute atomic E-state index is 12.9. The molecule has 0 aliphatic heterocycles. The number of phosphoric acid groups is 1. The Hall–Kier alpha value is -0.660. The van der Waals surface area contributed by atoms with Gasteiger partial charge in [0.1, 0.15) is 36.6 Å². The van der Waals surface area contributed by atoms with E-state index in [0.717, 1.165) is 38.5 Å². The van der Waals surface area contributed by atoms with E-state index in [-0.39, 0.29) is 12.3 Å². The van der Waals surface area contributed by atoms with Gasteiger partial charge in [0.2, 0.25) is 5.91 Å². The molecule has 0 bridgehead atoms. The number of rotatable bonds is 36. The minimum absolute atomic E-state index is 0.242. The van der Waals surface area contributed by atoms with Gasteiger partial charge in [0, 0.05) is 6.42 Å². The molecule has 1 aliphatic carbocycles. The molecule has 0 aromatic carbocycles. The van der Waals surface area contributed by atoms with E-state index in [1.54, 1.807) is 0 Å². The fourth-order valence-electron chi connectivity index (χ4n) is 7.26. The monoisotopic (exact) mass is 796 g/mol. The van der Waals surface area contributed by atoms with Crippen molar-refractivity contribution in [2.75, 3.05) is 6.61 Å². The third-order valence-corrected chi connectivity index (χ3v) is 11.9. The van der Waals surface area contributed by atoms with Crippen LogP contribution in [0.1, 0.15) is 200 Å². The van der Waals surface area contributed by atoms with Crippen LogP contribution >= 0.6 is 7.82 Å². The Balaban J connectivity index is 2.49. The second-order valence-electron chi connectivity index (χ2n) is 15.9. The molecule has 0 aromatic rings. The number of aliphatic hydroxyl groups is 6. The highest BCUT2D eigenvalue weighted by Gasteiger charge is 2.51. The molecule has 0 aromatic heterocycles.